The van der Waals surface area contributed by atoms with Gasteiger partial charge in [-0.2, -0.15) is 5.10 Å². The molecule has 5 nitrogen and oxygen atoms in total. The fraction of sp³-hybridized carbons (Fsp3) is 0.130. The van der Waals surface area contributed by atoms with Gasteiger partial charge in [0.2, 0.25) is 0 Å². The van der Waals surface area contributed by atoms with E-state index in [4.69, 9.17) is 27.9 Å². The molecule has 3 aromatic carbocycles. The SMILES string of the molecule is Cc1cccc(COc2c(Cl)cc(C=NNC(=O)Nc3ccccc3C)cc2Cl)c1. The van der Waals surface area contributed by atoms with E-state index in [1.54, 1.807) is 12.1 Å². The van der Waals surface area contributed by atoms with Crippen molar-refractivity contribution in [1.82, 2.24) is 5.43 Å². The number of carbonyl (C=O) groups is 1. The standard InChI is InChI=1S/C23H21Cl2N3O2/c1-15-6-5-8-17(10-15)14-30-22-19(24)11-18(12-20(22)25)13-26-28-23(29)27-21-9-4-3-7-16(21)2/h3-13H,14H2,1-2H3,(H2,27,28,29). The number of hydrazone groups is 1. The Kier molecular flexibility index (Phi) is 7.33. The topological polar surface area (TPSA) is 62.7 Å². The molecule has 154 valence electrons. The van der Waals surface area contributed by atoms with E-state index in [9.17, 15) is 4.79 Å². The molecule has 3 rings (SSSR count). The normalized spacial score (nSPS) is 10.8. The Labute approximate surface area is 185 Å². The Bertz CT molecular complexity index is 1060. The van der Waals surface area contributed by atoms with Crippen molar-refractivity contribution >= 4 is 41.1 Å². The molecule has 0 saturated heterocycles. The Balaban J connectivity index is 1.60. The Morgan fingerprint density at radius 2 is 1.77 bits per heavy atom. The number of halogens is 2. The first kappa shape index (κ1) is 21.7. The van der Waals surface area contributed by atoms with E-state index < -0.39 is 6.03 Å². The molecule has 0 bridgehead atoms. The number of anilines is 1. The number of rotatable bonds is 6. The molecule has 0 aliphatic rings. The van der Waals surface area contributed by atoms with Gasteiger partial charge in [-0.05, 0) is 48.7 Å². The lowest BCUT2D eigenvalue weighted by Gasteiger charge is -2.11. The quantitative estimate of drug-likeness (QED) is 0.345. The summed E-state index contributed by atoms with van der Waals surface area (Å²) in [7, 11) is 0. The van der Waals surface area contributed by atoms with Crippen molar-refractivity contribution in [3.05, 3.63) is 93.0 Å². The summed E-state index contributed by atoms with van der Waals surface area (Å²) in [5.74, 6) is 0.405. The molecule has 2 amide bonds. The second-order valence-corrected chi connectivity index (χ2v) is 7.54. The zero-order valence-electron chi connectivity index (χ0n) is 16.6. The average Bonchev–Trinajstić information content (AvgIpc) is 2.69. The van der Waals surface area contributed by atoms with Gasteiger partial charge in [-0.25, -0.2) is 10.2 Å². The number of nitrogens with one attached hydrogen (secondary N) is 2. The Morgan fingerprint density at radius 1 is 1.03 bits per heavy atom. The first-order chi connectivity index (χ1) is 14.4. The van der Waals surface area contributed by atoms with E-state index >= 15 is 0 Å². The van der Waals surface area contributed by atoms with Crippen LogP contribution in [-0.2, 0) is 6.61 Å². The zero-order chi connectivity index (χ0) is 21.5. The molecular weight excluding hydrogens is 421 g/mol. The van der Waals surface area contributed by atoms with Crippen LogP contribution in [0, 0.1) is 13.8 Å². The highest BCUT2D eigenvalue weighted by molar-refractivity contribution is 6.37. The summed E-state index contributed by atoms with van der Waals surface area (Å²) in [5.41, 5.74) is 6.89. The summed E-state index contributed by atoms with van der Waals surface area (Å²) < 4.78 is 5.80. The zero-order valence-corrected chi connectivity index (χ0v) is 18.1. The number of hydrogen-bond acceptors (Lipinski definition) is 3. The summed E-state index contributed by atoms with van der Waals surface area (Å²) in [6, 6.07) is 18.4. The van der Waals surface area contributed by atoms with E-state index in [-0.39, 0.29) is 0 Å². The lowest BCUT2D eigenvalue weighted by molar-refractivity contribution is 0.252. The van der Waals surface area contributed by atoms with Gasteiger partial charge in [-0.3, -0.25) is 0 Å². The Morgan fingerprint density at radius 3 is 2.47 bits per heavy atom. The third-order valence-electron chi connectivity index (χ3n) is 4.26. The first-order valence-corrected chi connectivity index (χ1v) is 10.0. The lowest BCUT2D eigenvalue weighted by atomic mass is 10.1. The minimum absolute atomic E-state index is 0.356. The number of hydrogen-bond donors (Lipinski definition) is 2. The van der Waals surface area contributed by atoms with Crippen LogP contribution in [0.15, 0.2) is 65.8 Å². The van der Waals surface area contributed by atoms with Crippen molar-refractivity contribution in [3.63, 3.8) is 0 Å². The molecule has 7 heteroatoms. The Hall–Kier alpha value is -3.02. The van der Waals surface area contributed by atoms with Crippen LogP contribution in [0.3, 0.4) is 0 Å². The minimum Gasteiger partial charge on any atom is -0.486 e. The maximum absolute atomic E-state index is 12.0. The van der Waals surface area contributed by atoms with Gasteiger partial charge < -0.3 is 10.1 Å². The maximum atomic E-state index is 12.0. The molecule has 0 fully saturated rings. The molecule has 0 aliphatic carbocycles. The highest BCUT2D eigenvalue weighted by atomic mass is 35.5. The van der Waals surface area contributed by atoms with E-state index in [2.05, 4.69) is 15.8 Å². The van der Waals surface area contributed by atoms with Crippen LogP contribution in [0.5, 0.6) is 5.75 Å². The molecule has 2 N–H and O–H groups in total. The second kappa shape index (κ2) is 10.1. The van der Waals surface area contributed by atoms with Crippen LogP contribution in [-0.4, -0.2) is 12.2 Å². The number of urea groups is 1. The van der Waals surface area contributed by atoms with Gasteiger partial charge in [-0.1, -0.05) is 71.2 Å². The predicted octanol–water partition coefficient (Wildman–Crippen LogP) is 6.34. The number of benzene rings is 3. The molecule has 0 heterocycles. The van der Waals surface area contributed by atoms with E-state index in [0.717, 1.165) is 16.7 Å². The largest absolute Gasteiger partial charge is 0.486 e. The lowest BCUT2D eigenvalue weighted by Crippen LogP contribution is -2.24. The summed E-state index contributed by atoms with van der Waals surface area (Å²) in [6.45, 7) is 4.29. The van der Waals surface area contributed by atoms with Crippen molar-refractivity contribution in [2.75, 3.05) is 5.32 Å². The van der Waals surface area contributed by atoms with E-state index in [1.807, 2.05) is 62.4 Å². The van der Waals surface area contributed by atoms with E-state index in [1.165, 1.54) is 6.21 Å². The van der Waals surface area contributed by atoms with Crippen LogP contribution in [0.2, 0.25) is 10.0 Å². The molecule has 0 radical (unpaired) electrons. The van der Waals surface area contributed by atoms with Crippen LogP contribution >= 0.6 is 23.2 Å². The van der Waals surface area contributed by atoms with Crippen LogP contribution in [0.4, 0.5) is 10.5 Å². The monoisotopic (exact) mass is 441 g/mol. The van der Waals surface area contributed by atoms with Crippen molar-refractivity contribution in [2.24, 2.45) is 5.10 Å². The van der Waals surface area contributed by atoms with Crippen LogP contribution in [0.1, 0.15) is 22.3 Å². The molecular formula is C23H21Cl2N3O2. The van der Waals surface area contributed by atoms with Crippen molar-refractivity contribution in [3.8, 4) is 5.75 Å². The van der Waals surface area contributed by atoms with E-state index in [0.29, 0.717) is 33.7 Å². The molecule has 0 saturated carbocycles. The molecule has 0 atom stereocenters. The predicted molar refractivity (Wildman–Crippen MR) is 123 cm³/mol. The van der Waals surface area contributed by atoms with Crippen LogP contribution in [0.25, 0.3) is 0 Å². The minimum atomic E-state index is -0.448. The number of nitrogens with zero attached hydrogens (tertiary/aromatic N) is 1. The number of para-hydroxylation sites is 1. The molecule has 0 aromatic heterocycles. The number of amides is 2. The van der Waals surface area contributed by atoms with Gasteiger partial charge in [0.25, 0.3) is 0 Å². The van der Waals surface area contributed by atoms with Crippen molar-refractivity contribution < 1.29 is 9.53 Å². The molecule has 0 aliphatic heterocycles. The smallest absolute Gasteiger partial charge is 0.339 e. The third-order valence-corrected chi connectivity index (χ3v) is 4.82. The summed E-state index contributed by atoms with van der Waals surface area (Å²) in [6.07, 6.45) is 1.46. The summed E-state index contributed by atoms with van der Waals surface area (Å²) >= 11 is 12.7. The molecule has 0 unspecified atom stereocenters. The second-order valence-electron chi connectivity index (χ2n) is 6.73. The first-order valence-electron chi connectivity index (χ1n) is 9.25. The van der Waals surface area contributed by atoms with Gasteiger partial charge >= 0.3 is 6.03 Å². The van der Waals surface area contributed by atoms with Gasteiger partial charge in [-0.15, -0.1) is 0 Å². The fourth-order valence-electron chi connectivity index (χ4n) is 2.78. The number of carbonyl (C=O) groups excluding carboxylic acids is 1. The molecule has 3 aromatic rings. The van der Waals surface area contributed by atoms with Crippen LogP contribution < -0.4 is 15.5 Å². The van der Waals surface area contributed by atoms with Crippen molar-refractivity contribution in [1.29, 1.82) is 0 Å². The molecule has 0 spiro atoms. The highest BCUT2D eigenvalue weighted by Crippen LogP contribution is 2.34. The fourth-order valence-corrected chi connectivity index (χ4v) is 3.39. The average molecular weight is 442 g/mol. The highest BCUT2D eigenvalue weighted by Gasteiger charge is 2.10. The third kappa shape index (κ3) is 5.99. The molecule has 30 heavy (non-hydrogen) atoms. The number of aryl methyl sites for hydroxylation is 2. The van der Waals surface area contributed by atoms with Gasteiger partial charge in [0.05, 0.1) is 16.3 Å². The van der Waals surface area contributed by atoms with Gasteiger partial charge in [0.1, 0.15) is 6.61 Å². The number of ether oxygens (including phenoxy) is 1. The van der Waals surface area contributed by atoms with Gasteiger partial charge in [0, 0.05) is 5.69 Å². The summed E-state index contributed by atoms with van der Waals surface area (Å²) in [4.78, 5) is 12.0. The van der Waals surface area contributed by atoms with Gasteiger partial charge in [0.15, 0.2) is 5.75 Å². The van der Waals surface area contributed by atoms with Crippen molar-refractivity contribution in [2.45, 2.75) is 20.5 Å². The maximum Gasteiger partial charge on any atom is 0.339 e. The summed E-state index contributed by atoms with van der Waals surface area (Å²) in [5, 5.41) is 7.39.